The van der Waals surface area contributed by atoms with Gasteiger partial charge in [0.25, 0.3) is 0 Å². The molecule has 1 aromatic carbocycles. The summed E-state index contributed by atoms with van der Waals surface area (Å²) in [7, 11) is 2.05. The third kappa shape index (κ3) is 3.83. The summed E-state index contributed by atoms with van der Waals surface area (Å²) in [5.74, 6) is 1.91. The Labute approximate surface area is 119 Å². The molecule has 0 saturated carbocycles. The first-order valence-electron chi connectivity index (χ1n) is 6.29. The van der Waals surface area contributed by atoms with Gasteiger partial charge in [-0.25, -0.2) is 0 Å². The maximum atomic E-state index is 6.25. The number of rotatable bonds is 5. The Hall–Kier alpha value is -1.29. The molecule has 2 rings (SSSR count). The summed E-state index contributed by atoms with van der Waals surface area (Å²) < 4.78 is 5.57. The van der Waals surface area contributed by atoms with Gasteiger partial charge in [-0.3, -0.25) is 4.90 Å². The average Bonchev–Trinajstić information content (AvgIpc) is 2.77. The molecule has 3 nitrogen and oxygen atoms in total. The zero-order chi connectivity index (χ0) is 13.8. The lowest BCUT2D eigenvalue weighted by molar-refractivity contribution is 0.285. The topological polar surface area (TPSA) is 42.4 Å². The minimum Gasteiger partial charge on any atom is -0.465 e. The van der Waals surface area contributed by atoms with Crippen LogP contribution in [-0.2, 0) is 19.6 Å². The molecule has 2 aromatic rings. The van der Waals surface area contributed by atoms with Gasteiger partial charge in [0.1, 0.15) is 11.5 Å². The summed E-state index contributed by atoms with van der Waals surface area (Å²) in [6.45, 7) is 4.01. The van der Waals surface area contributed by atoms with Crippen LogP contribution in [0.1, 0.15) is 22.6 Å². The Kier molecular flexibility index (Phi) is 4.64. The van der Waals surface area contributed by atoms with E-state index in [1.807, 2.05) is 44.3 Å². The van der Waals surface area contributed by atoms with Crippen molar-refractivity contribution in [2.24, 2.45) is 5.73 Å². The molecule has 0 fully saturated rings. The molecule has 19 heavy (non-hydrogen) atoms. The highest BCUT2D eigenvalue weighted by Crippen LogP contribution is 2.20. The van der Waals surface area contributed by atoms with E-state index >= 15 is 0 Å². The average molecular weight is 279 g/mol. The van der Waals surface area contributed by atoms with Crippen molar-refractivity contribution in [3.05, 3.63) is 58.0 Å². The SMILES string of the molecule is Cc1ccc(CN(C)Cc2ccc(CN)cc2Cl)o1. The lowest BCUT2D eigenvalue weighted by Gasteiger charge is -2.16. The molecule has 0 unspecified atom stereocenters. The van der Waals surface area contributed by atoms with Gasteiger partial charge in [0.05, 0.1) is 6.54 Å². The third-order valence-corrected chi connectivity index (χ3v) is 3.37. The van der Waals surface area contributed by atoms with Crippen LogP contribution >= 0.6 is 11.6 Å². The van der Waals surface area contributed by atoms with E-state index in [-0.39, 0.29) is 0 Å². The highest BCUT2D eigenvalue weighted by molar-refractivity contribution is 6.31. The van der Waals surface area contributed by atoms with Crippen molar-refractivity contribution in [1.82, 2.24) is 4.90 Å². The molecule has 102 valence electrons. The number of furan rings is 1. The van der Waals surface area contributed by atoms with Gasteiger partial charge in [0.2, 0.25) is 0 Å². The monoisotopic (exact) mass is 278 g/mol. The van der Waals surface area contributed by atoms with Crippen molar-refractivity contribution in [1.29, 1.82) is 0 Å². The molecule has 0 aliphatic heterocycles. The van der Waals surface area contributed by atoms with Crippen LogP contribution in [0.5, 0.6) is 0 Å². The molecular formula is C15H19ClN2O. The number of nitrogens with zero attached hydrogens (tertiary/aromatic N) is 1. The van der Waals surface area contributed by atoms with Crippen molar-refractivity contribution in [2.45, 2.75) is 26.6 Å². The van der Waals surface area contributed by atoms with E-state index in [9.17, 15) is 0 Å². The lowest BCUT2D eigenvalue weighted by atomic mass is 10.1. The molecule has 4 heteroatoms. The van der Waals surface area contributed by atoms with Gasteiger partial charge in [-0.15, -0.1) is 0 Å². The highest BCUT2D eigenvalue weighted by atomic mass is 35.5. The van der Waals surface area contributed by atoms with Crippen LogP contribution in [0.3, 0.4) is 0 Å². The molecule has 0 spiro atoms. The van der Waals surface area contributed by atoms with E-state index in [1.54, 1.807) is 0 Å². The fourth-order valence-corrected chi connectivity index (χ4v) is 2.29. The fraction of sp³-hybridized carbons (Fsp3) is 0.333. The summed E-state index contributed by atoms with van der Waals surface area (Å²) in [4.78, 5) is 2.17. The van der Waals surface area contributed by atoms with Crippen LogP contribution in [0.2, 0.25) is 5.02 Å². The van der Waals surface area contributed by atoms with Gasteiger partial charge in [0.15, 0.2) is 0 Å². The minimum absolute atomic E-state index is 0.515. The van der Waals surface area contributed by atoms with Gasteiger partial charge in [-0.1, -0.05) is 23.7 Å². The van der Waals surface area contributed by atoms with Crippen molar-refractivity contribution >= 4 is 11.6 Å². The zero-order valence-electron chi connectivity index (χ0n) is 11.3. The van der Waals surface area contributed by atoms with E-state index in [2.05, 4.69) is 4.90 Å². The minimum atomic E-state index is 0.515. The normalized spacial score (nSPS) is 11.2. The molecule has 0 radical (unpaired) electrons. The predicted molar refractivity (Wildman–Crippen MR) is 78.0 cm³/mol. The quantitative estimate of drug-likeness (QED) is 0.912. The molecule has 0 amide bonds. The largest absolute Gasteiger partial charge is 0.465 e. The molecule has 0 aliphatic carbocycles. The van der Waals surface area contributed by atoms with Crippen LogP contribution in [-0.4, -0.2) is 11.9 Å². The van der Waals surface area contributed by atoms with E-state index in [0.29, 0.717) is 6.54 Å². The third-order valence-electron chi connectivity index (χ3n) is 3.02. The number of hydrogen-bond donors (Lipinski definition) is 1. The summed E-state index contributed by atoms with van der Waals surface area (Å²) in [6, 6.07) is 9.97. The number of hydrogen-bond acceptors (Lipinski definition) is 3. The van der Waals surface area contributed by atoms with Crippen LogP contribution in [0, 0.1) is 6.92 Å². The van der Waals surface area contributed by atoms with Gasteiger partial charge in [-0.05, 0) is 43.3 Å². The Morgan fingerprint density at radius 1 is 1.21 bits per heavy atom. The Morgan fingerprint density at radius 3 is 2.58 bits per heavy atom. The van der Waals surface area contributed by atoms with E-state index < -0.39 is 0 Å². The first-order chi connectivity index (χ1) is 9.08. The van der Waals surface area contributed by atoms with Crippen LogP contribution in [0.4, 0.5) is 0 Å². The number of aryl methyl sites for hydroxylation is 1. The molecule has 0 aliphatic rings. The van der Waals surface area contributed by atoms with Crippen molar-refractivity contribution in [2.75, 3.05) is 7.05 Å². The van der Waals surface area contributed by atoms with E-state index in [4.69, 9.17) is 21.8 Å². The first kappa shape index (κ1) is 14.1. The number of nitrogens with two attached hydrogens (primary N) is 1. The first-order valence-corrected chi connectivity index (χ1v) is 6.67. The number of halogens is 1. The van der Waals surface area contributed by atoms with Crippen LogP contribution < -0.4 is 5.73 Å². The Bertz CT molecular complexity index is 551. The molecule has 1 aromatic heterocycles. The van der Waals surface area contributed by atoms with Crippen molar-refractivity contribution in [3.8, 4) is 0 Å². The summed E-state index contributed by atoms with van der Waals surface area (Å²) in [5.41, 5.74) is 7.75. The second-order valence-corrected chi connectivity index (χ2v) is 5.22. The van der Waals surface area contributed by atoms with Gasteiger partial charge in [0, 0.05) is 18.1 Å². The fourth-order valence-electron chi connectivity index (χ4n) is 2.03. The van der Waals surface area contributed by atoms with Crippen molar-refractivity contribution in [3.63, 3.8) is 0 Å². The standard InChI is InChI=1S/C15H19ClN2O/c1-11-3-6-14(19-11)10-18(2)9-13-5-4-12(8-17)7-15(13)16/h3-7H,8-10,17H2,1-2H3. The summed E-state index contributed by atoms with van der Waals surface area (Å²) in [6.07, 6.45) is 0. The second kappa shape index (κ2) is 6.24. The summed E-state index contributed by atoms with van der Waals surface area (Å²) in [5, 5.41) is 0.769. The zero-order valence-corrected chi connectivity index (χ0v) is 12.1. The highest BCUT2D eigenvalue weighted by Gasteiger charge is 2.08. The Morgan fingerprint density at radius 2 is 2.00 bits per heavy atom. The lowest BCUT2D eigenvalue weighted by Crippen LogP contribution is -2.17. The molecule has 2 N–H and O–H groups in total. The van der Waals surface area contributed by atoms with Crippen LogP contribution in [0.25, 0.3) is 0 Å². The van der Waals surface area contributed by atoms with Gasteiger partial charge < -0.3 is 10.2 Å². The molecular weight excluding hydrogens is 260 g/mol. The maximum Gasteiger partial charge on any atom is 0.118 e. The van der Waals surface area contributed by atoms with E-state index in [1.165, 1.54) is 0 Å². The van der Waals surface area contributed by atoms with Crippen molar-refractivity contribution < 1.29 is 4.42 Å². The maximum absolute atomic E-state index is 6.25. The van der Waals surface area contributed by atoms with Gasteiger partial charge in [-0.2, -0.15) is 0 Å². The summed E-state index contributed by atoms with van der Waals surface area (Å²) >= 11 is 6.25. The van der Waals surface area contributed by atoms with Crippen LogP contribution in [0.15, 0.2) is 34.7 Å². The second-order valence-electron chi connectivity index (χ2n) is 4.81. The number of benzene rings is 1. The molecule has 0 bridgehead atoms. The van der Waals surface area contributed by atoms with E-state index in [0.717, 1.165) is 40.8 Å². The molecule has 0 atom stereocenters. The predicted octanol–water partition coefficient (Wildman–Crippen LogP) is 3.33. The Balaban J connectivity index is 2.00. The molecule has 0 saturated heterocycles. The molecule has 1 heterocycles. The van der Waals surface area contributed by atoms with Gasteiger partial charge >= 0.3 is 0 Å². The smallest absolute Gasteiger partial charge is 0.118 e.